The highest BCUT2D eigenvalue weighted by Gasteiger charge is 2.24. The largest absolute Gasteiger partial charge is 0.309 e. The van der Waals surface area contributed by atoms with Gasteiger partial charge in [-0.25, -0.2) is 15.4 Å². The summed E-state index contributed by atoms with van der Waals surface area (Å²) in [6, 6.07) is 8.46. The molecule has 0 radical (unpaired) electrons. The number of hydrogen-bond acceptors (Lipinski definition) is 4. The molecule has 5 nitrogen and oxygen atoms in total. The van der Waals surface area contributed by atoms with Gasteiger partial charge in [-0.3, -0.25) is 4.79 Å². The molecule has 0 spiro atoms. The first-order valence-electron chi connectivity index (χ1n) is 7.65. The van der Waals surface area contributed by atoms with Gasteiger partial charge >= 0.3 is 0 Å². The van der Waals surface area contributed by atoms with E-state index < -0.39 is 0 Å². The van der Waals surface area contributed by atoms with Crippen LogP contribution in [0.5, 0.6) is 0 Å². The van der Waals surface area contributed by atoms with Crippen LogP contribution in [0.25, 0.3) is 10.9 Å². The molecule has 2 atom stereocenters. The number of aromatic amines is 1. The molecule has 2 aromatic rings. The van der Waals surface area contributed by atoms with Gasteiger partial charge < -0.3 is 4.98 Å². The summed E-state index contributed by atoms with van der Waals surface area (Å²) >= 11 is 0. The van der Waals surface area contributed by atoms with Crippen molar-refractivity contribution in [3.05, 3.63) is 40.4 Å². The third kappa shape index (κ3) is 2.99. The topological polar surface area (TPSA) is 61.0 Å². The van der Waals surface area contributed by atoms with Gasteiger partial charge in [-0.15, -0.1) is 0 Å². The van der Waals surface area contributed by atoms with Crippen LogP contribution >= 0.6 is 0 Å². The third-order valence-corrected chi connectivity index (χ3v) is 4.28. The zero-order chi connectivity index (χ0) is 14.8. The van der Waals surface area contributed by atoms with Gasteiger partial charge in [0.25, 0.3) is 5.56 Å². The molecule has 2 N–H and O–H groups in total. The highest BCUT2D eigenvalue weighted by atomic mass is 16.1. The summed E-state index contributed by atoms with van der Waals surface area (Å²) in [5.41, 5.74) is 4.11. The summed E-state index contributed by atoms with van der Waals surface area (Å²) in [7, 11) is 0. The van der Waals surface area contributed by atoms with Crippen LogP contribution in [0.2, 0.25) is 0 Å². The Morgan fingerprint density at radius 3 is 2.76 bits per heavy atom. The molecule has 0 aliphatic carbocycles. The number of nitrogens with zero attached hydrogens (tertiary/aromatic N) is 2. The molecule has 3 rings (SSSR count). The molecule has 1 aromatic heterocycles. The zero-order valence-electron chi connectivity index (χ0n) is 12.6. The molecule has 1 saturated heterocycles. The first-order chi connectivity index (χ1) is 10.1. The minimum Gasteiger partial charge on any atom is -0.309 e. The lowest BCUT2D eigenvalue weighted by Crippen LogP contribution is -2.51. The van der Waals surface area contributed by atoms with Crippen LogP contribution in [0.3, 0.4) is 0 Å². The van der Waals surface area contributed by atoms with Gasteiger partial charge in [0, 0.05) is 12.1 Å². The lowest BCUT2D eigenvalue weighted by atomic mass is 10.00. The fraction of sp³-hybridized carbons (Fsp3) is 0.500. The number of hydrogen-bond donors (Lipinski definition) is 2. The van der Waals surface area contributed by atoms with E-state index in [1.165, 1.54) is 19.3 Å². The van der Waals surface area contributed by atoms with Crippen molar-refractivity contribution < 1.29 is 0 Å². The third-order valence-electron chi connectivity index (χ3n) is 4.28. The Kier molecular flexibility index (Phi) is 4.03. The van der Waals surface area contributed by atoms with Gasteiger partial charge in [0.05, 0.1) is 17.4 Å². The van der Waals surface area contributed by atoms with Gasteiger partial charge in [0.1, 0.15) is 5.82 Å². The maximum Gasteiger partial charge on any atom is 0.258 e. The van der Waals surface area contributed by atoms with Crippen LogP contribution in [0.4, 0.5) is 0 Å². The van der Waals surface area contributed by atoms with Crippen LogP contribution in [0, 0.1) is 0 Å². The number of fused-ring (bicyclic) bond motifs is 1. The highest BCUT2D eigenvalue weighted by Crippen LogP contribution is 2.20. The second-order valence-corrected chi connectivity index (χ2v) is 5.90. The number of piperidine rings is 1. The molecule has 0 amide bonds. The molecule has 1 aliphatic rings. The molecule has 1 aromatic carbocycles. The van der Waals surface area contributed by atoms with Crippen LogP contribution < -0.4 is 11.0 Å². The average molecular weight is 286 g/mol. The summed E-state index contributed by atoms with van der Waals surface area (Å²) < 4.78 is 0. The van der Waals surface area contributed by atoms with Crippen LogP contribution in [0.15, 0.2) is 29.1 Å². The summed E-state index contributed by atoms with van der Waals surface area (Å²) in [5.74, 6) is 0.684. The van der Waals surface area contributed by atoms with E-state index in [0.717, 1.165) is 5.52 Å². The SMILES string of the molecule is CC1CCCC(C)N1NCc1nc2ccccc2c(=O)[nH]1. The summed E-state index contributed by atoms with van der Waals surface area (Å²) in [6.45, 7) is 5.02. The smallest absolute Gasteiger partial charge is 0.258 e. The number of rotatable bonds is 3. The van der Waals surface area contributed by atoms with Gasteiger partial charge in [-0.1, -0.05) is 18.6 Å². The van der Waals surface area contributed by atoms with Crippen molar-refractivity contribution in [2.24, 2.45) is 0 Å². The maximum atomic E-state index is 12.0. The van der Waals surface area contributed by atoms with Crippen molar-refractivity contribution in [1.82, 2.24) is 20.4 Å². The quantitative estimate of drug-likeness (QED) is 0.908. The number of para-hydroxylation sites is 1. The molecule has 0 saturated carbocycles. The Morgan fingerprint density at radius 2 is 2.00 bits per heavy atom. The Hall–Kier alpha value is -1.72. The van der Waals surface area contributed by atoms with Crippen molar-refractivity contribution in [2.75, 3.05) is 0 Å². The van der Waals surface area contributed by atoms with E-state index in [2.05, 4.69) is 34.3 Å². The number of aromatic nitrogens is 2. The standard InChI is InChI=1S/C16H22N4O/c1-11-6-5-7-12(2)20(11)17-10-15-18-14-9-4-3-8-13(14)16(21)19-15/h3-4,8-9,11-12,17H,5-7,10H2,1-2H3,(H,18,19,21). The fourth-order valence-electron chi connectivity index (χ4n) is 3.12. The second kappa shape index (κ2) is 5.95. The van der Waals surface area contributed by atoms with E-state index in [4.69, 9.17) is 0 Å². The van der Waals surface area contributed by atoms with Crippen molar-refractivity contribution in [1.29, 1.82) is 0 Å². The molecule has 112 valence electrons. The number of hydrazine groups is 1. The summed E-state index contributed by atoms with van der Waals surface area (Å²) in [6.07, 6.45) is 3.70. The van der Waals surface area contributed by atoms with Crippen LogP contribution in [0.1, 0.15) is 38.9 Å². The first kappa shape index (κ1) is 14.2. The number of nitrogens with one attached hydrogen (secondary N) is 2. The maximum absolute atomic E-state index is 12.0. The van der Waals surface area contributed by atoms with Crippen LogP contribution in [-0.4, -0.2) is 27.1 Å². The Balaban J connectivity index is 1.77. The van der Waals surface area contributed by atoms with Crippen molar-refractivity contribution in [2.45, 2.75) is 51.7 Å². The van der Waals surface area contributed by atoms with Crippen LogP contribution in [-0.2, 0) is 6.54 Å². The lowest BCUT2D eigenvalue weighted by Gasteiger charge is -2.39. The van der Waals surface area contributed by atoms with Crippen molar-refractivity contribution >= 4 is 10.9 Å². The predicted octanol–water partition coefficient (Wildman–Crippen LogP) is 2.19. The number of benzene rings is 1. The van der Waals surface area contributed by atoms with Gasteiger partial charge in [0.2, 0.25) is 0 Å². The minimum atomic E-state index is -0.0721. The predicted molar refractivity (Wildman–Crippen MR) is 83.8 cm³/mol. The van der Waals surface area contributed by atoms with E-state index >= 15 is 0 Å². The molecule has 5 heteroatoms. The second-order valence-electron chi connectivity index (χ2n) is 5.90. The van der Waals surface area contributed by atoms with Crippen molar-refractivity contribution in [3.8, 4) is 0 Å². The lowest BCUT2D eigenvalue weighted by molar-refractivity contribution is 0.0426. The average Bonchev–Trinajstić information content (AvgIpc) is 2.47. The van der Waals surface area contributed by atoms with E-state index in [0.29, 0.717) is 29.8 Å². The highest BCUT2D eigenvalue weighted by molar-refractivity contribution is 5.77. The van der Waals surface area contributed by atoms with E-state index in [1.807, 2.05) is 18.2 Å². The molecular weight excluding hydrogens is 264 g/mol. The normalized spacial score (nSPS) is 23.5. The van der Waals surface area contributed by atoms with E-state index in [1.54, 1.807) is 6.07 Å². The molecule has 2 heterocycles. The Morgan fingerprint density at radius 1 is 1.29 bits per heavy atom. The number of H-pyrrole nitrogens is 1. The van der Waals surface area contributed by atoms with Gasteiger partial charge in [0.15, 0.2) is 0 Å². The first-order valence-corrected chi connectivity index (χ1v) is 7.65. The Bertz CT molecular complexity index is 671. The zero-order valence-corrected chi connectivity index (χ0v) is 12.6. The van der Waals surface area contributed by atoms with E-state index in [-0.39, 0.29) is 5.56 Å². The summed E-state index contributed by atoms with van der Waals surface area (Å²) in [4.78, 5) is 19.4. The molecule has 1 fully saturated rings. The molecule has 1 aliphatic heterocycles. The monoisotopic (exact) mass is 286 g/mol. The molecular formula is C16H22N4O. The molecule has 2 unspecified atom stereocenters. The fourth-order valence-corrected chi connectivity index (χ4v) is 3.12. The van der Waals surface area contributed by atoms with Crippen molar-refractivity contribution in [3.63, 3.8) is 0 Å². The van der Waals surface area contributed by atoms with Gasteiger partial charge in [-0.05, 0) is 38.8 Å². The van der Waals surface area contributed by atoms with Gasteiger partial charge in [-0.2, -0.15) is 0 Å². The molecule has 21 heavy (non-hydrogen) atoms. The summed E-state index contributed by atoms with van der Waals surface area (Å²) in [5, 5.41) is 2.93. The minimum absolute atomic E-state index is 0.0721. The molecule has 0 bridgehead atoms. The Labute approximate surface area is 124 Å². The van der Waals surface area contributed by atoms with E-state index in [9.17, 15) is 4.79 Å².